The fourth-order valence-electron chi connectivity index (χ4n) is 0.823. The molecule has 0 aliphatic heterocycles. The van der Waals surface area contributed by atoms with Crippen molar-refractivity contribution in [1.29, 1.82) is 0 Å². The largest absolute Gasteiger partial charge is 0.573 e. The molecule has 0 fully saturated rings. The molecule has 0 spiro atoms. The zero-order valence-corrected chi connectivity index (χ0v) is 7.06. The second kappa shape index (κ2) is 3.97. The highest BCUT2D eigenvalue weighted by Gasteiger charge is 2.32. The highest BCUT2D eigenvalue weighted by molar-refractivity contribution is 5.50. The number of azide groups is 1. The first-order valence-electron chi connectivity index (χ1n) is 3.56. The van der Waals surface area contributed by atoms with Gasteiger partial charge < -0.3 is 9.84 Å². The van der Waals surface area contributed by atoms with Gasteiger partial charge in [-0.2, -0.15) is 0 Å². The predicted molar refractivity (Wildman–Crippen MR) is 43.6 cm³/mol. The van der Waals surface area contributed by atoms with Gasteiger partial charge in [0, 0.05) is 10.6 Å². The lowest BCUT2D eigenvalue weighted by molar-refractivity contribution is -0.275. The first-order chi connectivity index (χ1) is 6.92. The Labute approximate surface area is 81.3 Å². The summed E-state index contributed by atoms with van der Waals surface area (Å²) in [4.78, 5) is 2.38. The second-order valence-electron chi connectivity index (χ2n) is 2.39. The predicted octanol–water partition coefficient (Wildman–Crippen LogP) is 3.23. The fourth-order valence-corrected chi connectivity index (χ4v) is 0.823. The number of rotatable bonds is 2. The molecule has 0 saturated heterocycles. The fraction of sp³-hybridized carbons (Fsp3) is 0.143. The van der Waals surface area contributed by atoms with Gasteiger partial charge >= 0.3 is 6.36 Å². The topological polar surface area (TPSA) is 78.2 Å². The summed E-state index contributed by atoms with van der Waals surface area (Å²) in [6.45, 7) is 0. The van der Waals surface area contributed by atoms with Crippen LogP contribution in [0.1, 0.15) is 0 Å². The van der Waals surface area contributed by atoms with Crippen molar-refractivity contribution in [3.8, 4) is 11.5 Å². The third-order valence-corrected chi connectivity index (χ3v) is 1.33. The van der Waals surface area contributed by atoms with Gasteiger partial charge in [0.15, 0.2) is 11.5 Å². The van der Waals surface area contributed by atoms with Crippen LogP contribution in [0.25, 0.3) is 10.4 Å². The van der Waals surface area contributed by atoms with E-state index < -0.39 is 17.9 Å². The Balaban J connectivity index is 3.05. The molecule has 0 atom stereocenters. The van der Waals surface area contributed by atoms with Gasteiger partial charge in [0.1, 0.15) is 0 Å². The van der Waals surface area contributed by atoms with Gasteiger partial charge in [-0.1, -0.05) is 5.11 Å². The Kier molecular flexibility index (Phi) is 2.91. The summed E-state index contributed by atoms with van der Waals surface area (Å²) < 4.78 is 38.9. The first kappa shape index (κ1) is 11.0. The summed E-state index contributed by atoms with van der Waals surface area (Å²) in [5.41, 5.74) is 7.96. The average Bonchev–Trinajstić information content (AvgIpc) is 2.09. The van der Waals surface area contributed by atoms with Crippen molar-refractivity contribution in [2.75, 3.05) is 0 Å². The molecule has 5 nitrogen and oxygen atoms in total. The molecular weight excluding hydrogens is 215 g/mol. The molecule has 1 N–H and O–H groups in total. The molecular formula is C7H4F3N3O2. The maximum absolute atomic E-state index is 11.8. The van der Waals surface area contributed by atoms with Crippen LogP contribution in [0.5, 0.6) is 11.5 Å². The van der Waals surface area contributed by atoms with Crippen molar-refractivity contribution in [2.24, 2.45) is 5.11 Å². The Morgan fingerprint density at radius 1 is 1.40 bits per heavy atom. The van der Waals surface area contributed by atoms with Crippen LogP contribution in [-0.4, -0.2) is 11.5 Å². The van der Waals surface area contributed by atoms with E-state index >= 15 is 0 Å². The standard InChI is InChI=1S/C7H4F3N3O2/c8-7(9,10)15-6-3-4(12-13-11)1-2-5(6)14/h1-3,14H. The van der Waals surface area contributed by atoms with Gasteiger partial charge in [0.05, 0.1) is 0 Å². The van der Waals surface area contributed by atoms with Crippen molar-refractivity contribution in [3.63, 3.8) is 0 Å². The number of nitrogens with zero attached hydrogens (tertiary/aromatic N) is 3. The minimum atomic E-state index is -4.91. The van der Waals surface area contributed by atoms with Crippen LogP contribution in [-0.2, 0) is 0 Å². The molecule has 0 heterocycles. The summed E-state index contributed by atoms with van der Waals surface area (Å²) in [5, 5.41) is 12.1. The normalized spacial score (nSPS) is 10.6. The van der Waals surface area contributed by atoms with Gasteiger partial charge in [-0.05, 0) is 23.7 Å². The molecule has 0 bridgehead atoms. The SMILES string of the molecule is [N-]=[N+]=Nc1ccc(O)c(OC(F)(F)F)c1. The van der Waals surface area contributed by atoms with Crippen LogP contribution in [0.4, 0.5) is 18.9 Å². The summed E-state index contributed by atoms with van der Waals surface area (Å²) in [7, 11) is 0. The number of benzene rings is 1. The van der Waals surface area contributed by atoms with E-state index in [0.29, 0.717) is 0 Å². The van der Waals surface area contributed by atoms with Crippen molar-refractivity contribution in [3.05, 3.63) is 28.6 Å². The quantitative estimate of drug-likeness (QED) is 0.470. The molecule has 15 heavy (non-hydrogen) atoms. The Hall–Kier alpha value is -2.08. The van der Waals surface area contributed by atoms with E-state index in [4.69, 9.17) is 10.6 Å². The van der Waals surface area contributed by atoms with Gasteiger partial charge in [0.2, 0.25) is 0 Å². The average molecular weight is 219 g/mol. The number of hydrogen-bond donors (Lipinski definition) is 1. The molecule has 8 heteroatoms. The van der Waals surface area contributed by atoms with Crippen LogP contribution in [0.15, 0.2) is 23.3 Å². The van der Waals surface area contributed by atoms with E-state index in [1.54, 1.807) is 0 Å². The third kappa shape index (κ3) is 3.28. The van der Waals surface area contributed by atoms with E-state index in [1.807, 2.05) is 0 Å². The molecule has 0 aliphatic rings. The zero-order valence-electron chi connectivity index (χ0n) is 7.06. The lowest BCUT2D eigenvalue weighted by Gasteiger charge is -2.10. The maximum Gasteiger partial charge on any atom is 0.573 e. The lowest BCUT2D eigenvalue weighted by atomic mass is 10.3. The van der Waals surface area contributed by atoms with Gasteiger partial charge in [-0.15, -0.1) is 13.2 Å². The Morgan fingerprint density at radius 3 is 2.60 bits per heavy atom. The summed E-state index contributed by atoms with van der Waals surface area (Å²) in [5.74, 6) is -1.50. The van der Waals surface area contributed by atoms with Crippen molar-refractivity contribution in [2.45, 2.75) is 6.36 Å². The zero-order chi connectivity index (χ0) is 11.5. The number of aromatic hydroxyl groups is 1. The van der Waals surface area contributed by atoms with Crippen LogP contribution < -0.4 is 4.74 Å². The molecule has 0 saturated carbocycles. The molecule has 1 aromatic carbocycles. The van der Waals surface area contributed by atoms with Crippen LogP contribution in [0, 0.1) is 0 Å². The molecule has 0 aromatic heterocycles. The maximum atomic E-state index is 11.8. The van der Waals surface area contributed by atoms with Crippen molar-refractivity contribution in [1.82, 2.24) is 0 Å². The number of hydrogen-bond acceptors (Lipinski definition) is 3. The number of halogens is 3. The van der Waals surface area contributed by atoms with Gasteiger partial charge in [-0.25, -0.2) is 0 Å². The number of ether oxygens (including phenoxy) is 1. The Bertz CT molecular complexity index is 412. The molecule has 1 rings (SSSR count). The number of phenols is 1. The van der Waals surface area contributed by atoms with E-state index in [1.165, 1.54) is 0 Å². The summed E-state index contributed by atoms with van der Waals surface area (Å²) in [6.07, 6.45) is -4.91. The van der Waals surface area contributed by atoms with Crippen LogP contribution in [0.2, 0.25) is 0 Å². The number of phenolic OH excluding ortho intramolecular Hbond substituents is 1. The first-order valence-corrected chi connectivity index (χ1v) is 3.56. The molecule has 0 unspecified atom stereocenters. The van der Waals surface area contributed by atoms with E-state index in [9.17, 15) is 13.2 Å². The Morgan fingerprint density at radius 2 is 2.07 bits per heavy atom. The monoisotopic (exact) mass is 219 g/mol. The smallest absolute Gasteiger partial charge is 0.504 e. The molecule has 0 aliphatic carbocycles. The third-order valence-electron chi connectivity index (χ3n) is 1.33. The minimum absolute atomic E-state index is 0.0884. The highest BCUT2D eigenvalue weighted by atomic mass is 19.4. The molecule has 0 amide bonds. The summed E-state index contributed by atoms with van der Waals surface area (Å²) in [6, 6.07) is 2.87. The van der Waals surface area contributed by atoms with Gasteiger partial charge in [-0.3, -0.25) is 0 Å². The van der Waals surface area contributed by atoms with E-state index in [-0.39, 0.29) is 5.69 Å². The van der Waals surface area contributed by atoms with Gasteiger partial charge in [0.25, 0.3) is 0 Å². The van der Waals surface area contributed by atoms with E-state index in [2.05, 4.69) is 14.8 Å². The minimum Gasteiger partial charge on any atom is -0.504 e. The van der Waals surface area contributed by atoms with E-state index in [0.717, 1.165) is 18.2 Å². The van der Waals surface area contributed by atoms with Crippen molar-refractivity contribution >= 4 is 5.69 Å². The molecule has 1 aromatic rings. The summed E-state index contributed by atoms with van der Waals surface area (Å²) >= 11 is 0. The van der Waals surface area contributed by atoms with Crippen LogP contribution >= 0.6 is 0 Å². The van der Waals surface area contributed by atoms with Crippen LogP contribution in [0.3, 0.4) is 0 Å². The highest BCUT2D eigenvalue weighted by Crippen LogP contribution is 2.34. The number of alkyl halides is 3. The molecule has 0 radical (unpaired) electrons. The lowest BCUT2D eigenvalue weighted by Crippen LogP contribution is -2.17. The second-order valence-corrected chi connectivity index (χ2v) is 2.39. The molecule has 80 valence electrons. The van der Waals surface area contributed by atoms with Crippen molar-refractivity contribution < 1.29 is 23.0 Å².